The lowest BCUT2D eigenvalue weighted by Crippen LogP contribution is -2.35. The van der Waals surface area contributed by atoms with Gasteiger partial charge >= 0.3 is 0 Å². The molecule has 1 aliphatic heterocycles. The molecule has 3 rings (SSSR count). The van der Waals surface area contributed by atoms with Gasteiger partial charge in [0.1, 0.15) is 0 Å². The van der Waals surface area contributed by atoms with Crippen LogP contribution in [0.15, 0.2) is 48.5 Å². The summed E-state index contributed by atoms with van der Waals surface area (Å²) in [6.45, 7) is 2.03. The number of sulfonamides is 1. The Hall–Kier alpha value is -2.74. The first-order valence-corrected chi connectivity index (χ1v) is 10.4. The quantitative estimate of drug-likeness (QED) is 0.785. The third-order valence-corrected chi connectivity index (χ3v) is 5.46. The molecule has 0 aliphatic carbocycles. The number of anilines is 1. The maximum atomic E-state index is 12.3. The molecular formula is C19H22N2O5S. The fraction of sp³-hybridized carbons (Fsp3) is 0.316. The van der Waals surface area contributed by atoms with Gasteiger partial charge in [-0.15, -0.1) is 0 Å². The third-order valence-electron chi connectivity index (χ3n) is 4.26. The zero-order chi connectivity index (χ0) is 19.4. The van der Waals surface area contributed by atoms with Crippen molar-refractivity contribution in [3.8, 4) is 11.5 Å². The molecule has 8 heteroatoms. The summed E-state index contributed by atoms with van der Waals surface area (Å²) in [5, 5.41) is 2.89. The number of nitrogens with one attached hydrogen (secondary N) is 1. The van der Waals surface area contributed by atoms with Gasteiger partial charge in [0.2, 0.25) is 22.7 Å². The van der Waals surface area contributed by atoms with Gasteiger partial charge in [-0.2, -0.15) is 0 Å². The van der Waals surface area contributed by atoms with Crippen molar-refractivity contribution in [1.82, 2.24) is 5.32 Å². The van der Waals surface area contributed by atoms with Gasteiger partial charge in [-0.1, -0.05) is 30.3 Å². The van der Waals surface area contributed by atoms with E-state index < -0.39 is 10.0 Å². The van der Waals surface area contributed by atoms with Crippen LogP contribution >= 0.6 is 0 Å². The molecule has 0 spiro atoms. The summed E-state index contributed by atoms with van der Waals surface area (Å²) in [6.07, 6.45) is 1.15. The molecule has 2 aromatic rings. The van der Waals surface area contributed by atoms with Crippen molar-refractivity contribution in [3.63, 3.8) is 0 Å². The largest absolute Gasteiger partial charge is 0.454 e. The average Bonchev–Trinajstić information content (AvgIpc) is 3.09. The number of ether oxygens (including phenoxy) is 2. The van der Waals surface area contributed by atoms with Gasteiger partial charge in [0.25, 0.3) is 0 Å². The Morgan fingerprint density at radius 2 is 1.85 bits per heavy atom. The number of hydrogen-bond donors (Lipinski definition) is 1. The van der Waals surface area contributed by atoms with Crippen molar-refractivity contribution in [3.05, 3.63) is 54.1 Å². The number of fused-ring (bicyclic) bond motifs is 1. The molecule has 144 valence electrons. The second kappa shape index (κ2) is 7.87. The monoisotopic (exact) mass is 390 g/mol. The van der Waals surface area contributed by atoms with Crippen LogP contribution in [0.1, 0.15) is 24.9 Å². The Labute approximate surface area is 158 Å². The van der Waals surface area contributed by atoms with Crippen molar-refractivity contribution < 1.29 is 22.7 Å². The van der Waals surface area contributed by atoms with Crippen LogP contribution in [-0.4, -0.2) is 33.9 Å². The maximum Gasteiger partial charge on any atom is 0.232 e. The summed E-state index contributed by atoms with van der Waals surface area (Å²) in [7, 11) is -3.55. The number of carbonyl (C=O) groups excluding carboxylic acids is 1. The number of hydrogen-bond acceptors (Lipinski definition) is 5. The molecule has 1 heterocycles. The van der Waals surface area contributed by atoms with E-state index >= 15 is 0 Å². The van der Waals surface area contributed by atoms with Crippen molar-refractivity contribution in [1.29, 1.82) is 0 Å². The predicted molar refractivity (Wildman–Crippen MR) is 102 cm³/mol. The zero-order valence-electron chi connectivity index (χ0n) is 15.2. The van der Waals surface area contributed by atoms with Crippen LogP contribution in [0.5, 0.6) is 11.5 Å². The van der Waals surface area contributed by atoms with E-state index in [-0.39, 0.29) is 31.7 Å². The summed E-state index contributed by atoms with van der Waals surface area (Å²) >= 11 is 0. The summed E-state index contributed by atoms with van der Waals surface area (Å²) in [6, 6.07) is 14.3. The van der Waals surface area contributed by atoms with Crippen molar-refractivity contribution in [2.24, 2.45) is 0 Å². The number of benzene rings is 2. The highest BCUT2D eigenvalue weighted by Gasteiger charge is 2.22. The molecule has 0 saturated heterocycles. The van der Waals surface area contributed by atoms with Crippen molar-refractivity contribution in [2.45, 2.75) is 19.4 Å². The molecular weight excluding hydrogens is 368 g/mol. The van der Waals surface area contributed by atoms with Gasteiger partial charge < -0.3 is 14.8 Å². The normalized spacial score (nSPS) is 13.9. The van der Waals surface area contributed by atoms with E-state index in [0.29, 0.717) is 17.2 Å². The molecule has 1 amide bonds. The fourth-order valence-electron chi connectivity index (χ4n) is 2.87. The van der Waals surface area contributed by atoms with Crippen LogP contribution in [-0.2, 0) is 14.8 Å². The van der Waals surface area contributed by atoms with E-state index in [1.54, 1.807) is 18.2 Å². The highest BCUT2D eigenvalue weighted by molar-refractivity contribution is 7.92. The lowest BCUT2D eigenvalue weighted by Gasteiger charge is -2.23. The third kappa shape index (κ3) is 4.71. The first kappa shape index (κ1) is 19.0. The smallest absolute Gasteiger partial charge is 0.232 e. The van der Waals surface area contributed by atoms with Crippen LogP contribution in [0, 0.1) is 0 Å². The molecule has 0 radical (unpaired) electrons. The van der Waals surface area contributed by atoms with Crippen LogP contribution in [0.3, 0.4) is 0 Å². The molecule has 0 saturated carbocycles. The van der Waals surface area contributed by atoms with Crippen LogP contribution < -0.4 is 19.1 Å². The molecule has 1 N–H and O–H groups in total. The first-order valence-electron chi connectivity index (χ1n) is 8.56. The average molecular weight is 390 g/mol. The maximum absolute atomic E-state index is 12.3. The van der Waals surface area contributed by atoms with E-state index in [2.05, 4.69) is 5.32 Å². The van der Waals surface area contributed by atoms with E-state index in [1.807, 2.05) is 37.3 Å². The Morgan fingerprint density at radius 1 is 1.15 bits per heavy atom. The topological polar surface area (TPSA) is 84.9 Å². The van der Waals surface area contributed by atoms with Gasteiger partial charge in [0.15, 0.2) is 11.5 Å². The summed E-state index contributed by atoms with van der Waals surface area (Å²) in [5.74, 6) is 0.839. The van der Waals surface area contributed by atoms with E-state index in [0.717, 1.165) is 11.8 Å². The van der Waals surface area contributed by atoms with Gasteiger partial charge in [-0.05, 0) is 24.6 Å². The van der Waals surface area contributed by atoms with E-state index in [1.165, 1.54) is 4.31 Å². The van der Waals surface area contributed by atoms with Crippen LogP contribution in [0.4, 0.5) is 5.69 Å². The number of carbonyl (C=O) groups is 1. The van der Waals surface area contributed by atoms with Crippen LogP contribution in [0.2, 0.25) is 0 Å². The Balaban J connectivity index is 1.66. The highest BCUT2D eigenvalue weighted by Crippen LogP contribution is 2.36. The molecule has 1 unspecified atom stereocenters. The minimum atomic E-state index is -3.55. The predicted octanol–water partition coefficient (Wildman–Crippen LogP) is 2.45. The number of amides is 1. The second-order valence-electron chi connectivity index (χ2n) is 6.32. The molecule has 1 atom stereocenters. The summed E-state index contributed by atoms with van der Waals surface area (Å²) in [4.78, 5) is 12.3. The molecule has 0 aromatic heterocycles. The lowest BCUT2D eigenvalue weighted by molar-refractivity contribution is -0.121. The molecule has 1 aliphatic rings. The van der Waals surface area contributed by atoms with E-state index in [9.17, 15) is 13.2 Å². The first-order chi connectivity index (χ1) is 12.8. The molecule has 0 bridgehead atoms. The van der Waals surface area contributed by atoms with Crippen LogP contribution in [0.25, 0.3) is 0 Å². The second-order valence-corrected chi connectivity index (χ2v) is 8.23. The van der Waals surface area contributed by atoms with Gasteiger partial charge in [0.05, 0.1) is 18.0 Å². The number of nitrogens with zero attached hydrogens (tertiary/aromatic N) is 1. The zero-order valence-corrected chi connectivity index (χ0v) is 16.0. The SMILES string of the molecule is CC(NC(=O)CCN(c1ccc2c(c1)OCO2)S(C)(=O)=O)c1ccccc1. The summed E-state index contributed by atoms with van der Waals surface area (Å²) in [5.41, 5.74) is 1.42. The minimum absolute atomic E-state index is 0.0336. The molecule has 2 aromatic carbocycles. The lowest BCUT2D eigenvalue weighted by atomic mass is 10.1. The molecule has 7 nitrogen and oxygen atoms in total. The Bertz CT molecular complexity index is 915. The fourth-order valence-corrected chi connectivity index (χ4v) is 3.79. The highest BCUT2D eigenvalue weighted by atomic mass is 32.2. The Kier molecular flexibility index (Phi) is 5.55. The van der Waals surface area contributed by atoms with Crippen molar-refractivity contribution >= 4 is 21.6 Å². The van der Waals surface area contributed by atoms with Gasteiger partial charge in [0, 0.05) is 19.0 Å². The van der Waals surface area contributed by atoms with Crippen molar-refractivity contribution in [2.75, 3.05) is 23.9 Å². The molecule has 27 heavy (non-hydrogen) atoms. The number of rotatable bonds is 7. The summed E-state index contributed by atoms with van der Waals surface area (Å²) < 4.78 is 36.2. The Morgan fingerprint density at radius 3 is 2.56 bits per heavy atom. The van der Waals surface area contributed by atoms with E-state index in [4.69, 9.17) is 9.47 Å². The van der Waals surface area contributed by atoms with Gasteiger partial charge in [-0.3, -0.25) is 9.10 Å². The minimum Gasteiger partial charge on any atom is -0.454 e. The van der Waals surface area contributed by atoms with Gasteiger partial charge in [-0.25, -0.2) is 8.42 Å². The molecule has 0 fully saturated rings. The standard InChI is InChI=1S/C19H22N2O5S/c1-14(15-6-4-3-5-7-15)20-19(22)10-11-21(27(2,23)24)16-8-9-17-18(12-16)26-13-25-17/h3-9,12,14H,10-11,13H2,1-2H3,(H,20,22).